The number of hydrogen-bond donors (Lipinski definition) is 1. The van der Waals surface area contributed by atoms with E-state index in [9.17, 15) is 4.79 Å². The lowest BCUT2D eigenvalue weighted by molar-refractivity contribution is 0.0378. The van der Waals surface area contributed by atoms with Gasteiger partial charge in [0, 0.05) is 22.5 Å². The first kappa shape index (κ1) is 14.9. The molecule has 0 unspecified atom stereocenters. The molecule has 2 rings (SSSR count). The molecule has 0 saturated heterocycles. The average Bonchev–Trinajstić information content (AvgIpc) is 2.82. The molecule has 1 aromatic heterocycles. The summed E-state index contributed by atoms with van der Waals surface area (Å²) in [5, 5.41) is 5.95. The van der Waals surface area contributed by atoms with Crippen molar-refractivity contribution in [3.05, 3.63) is 51.2 Å². The Bertz CT molecular complexity index is 578. The number of rotatable bonds is 5. The van der Waals surface area contributed by atoms with Crippen LogP contribution < -0.4 is 5.32 Å². The number of thiophene rings is 1. The van der Waals surface area contributed by atoms with Gasteiger partial charge < -0.3 is 10.1 Å². The molecule has 0 aliphatic rings. The van der Waals surface area contributed by atoms with E-state index in [-0.39, 0.29) is 12.1 Å². The molecule has 3 nitrogen and oxygen atoms in total. The van der Waals surface area contributed by atoms with E-state index in [0.29, 0.717) is 12.1 Å². The minimum absolute atomic E-state index is 0.108. The molecule has 1 aromatic carbocycles. The van der Waals surface area contributed by atoms with Gasteiger partial charge in [0.1, 0.15) is 0 Å². The van der Waals surface area contributed by atoms with Crippen LogP contribution in [-0.2, 0) is 11.3 Å². The van der Waals surface area contributed by atoms with Gasteiger partial charge in [0.05, 0.1) is 16.7 Å². The highest BCUT2D eigenvalue weighted by Crippen LogP contribution is 2.20. The van der Waals surface area contributed by atoms with E-state index in [1.807, 2.05) is 37.4 Å². The van der Waals surface area contributed by atoms with Crippen molar-refractivity contribution in [1.29, 1.82) is 0 Å². The maximum absolute atomic E-state index is 11.7. The molecule has 0 atom stereocenters. The molecule has 0 aliphatic heterocycles. The van der Waals surface area contributed by atoms with E-state index in [0.717, 1.165) is 10.7 Å². The predicted octanol–water partition coefficient (Wildman–Crippen LogP) is 4.58. The predicted molar refractivity (Wildman–Crippen MR) is 83.6 cm³/mol. The lowest BCUT2D eigenvalue weighted by Crippen LogP contribution is -2.11. The zero-order valence-corrected chi connectivity index (χ0v) is 12.9. The number of anilines is 1. The van der Waals surface area contributed by atoms with Gasteiger partial charge in [0.15, 0.2) is 0 Å². The molecule has 106 valence electrons. The van der Waals surface area contributed by atoms with Crippen LogP contribution in [0.4, 0.5) is 5.69 Å². The third-order valence-electron chi connectivity index (χ3n) is 2.55. The van der Waals surface area contributed by atoms with Crippen LogP contribution in [0.2, 0.25) is 5.02 Å². The minimum Gasteiger partial charge on any atom is -0.459 e. The number of hydrogen-bond acceptors (Lipinski definition) is 4. The standard InChI is InChI=1S/C15H16ClNO2S/c1-10(2)19-15(18)11-3-5-13(6-4-11)17-8-14-7-12(16)9-20-14/h3-7,9-10,17H,8H2,1-2H3. The number of nitrogens with one attached hydrogen (secondary N) is 1. The van der Waals surface area contributed by atoms with E-state index < -0.39 is 0 Å². The monoisotopic (exact) mass is 309 g/mol. The van der Waals surface area contributed by atoms with Crippen LogP contribution in [0.1, 0.15) is 29.1 Å². The molecule has 5 heteroatoms. The second-order valence-corrected chi connectivity index (χ2v) is 6.05. The summed E-state index contributed by atoms with van der Waals surface area (Å²) in [6.07, 6.45) is -0.108. The Balaban J connectivity index is 1.93. The van der Waals surface area contributed by atoms with Crippen molar-refractivity contribution in [1.82, 2.24) is 0 Å². The van der Waals surface area contributed by atoms with Crippen molar-refractivity contribution < 1.29 is 9.53 Å². The largest absolute Gasteiger partial charge is 0.459 e. The molecule has 0 bridgehead atoms. The molecule has 0 fully saturated rings. The molecule has 0 radical (unpaired) electrons. The molecule has 1 heterocycles. The summed E-state index contributed by atoms with van der Waals surface area (Å²) < 4.78 is 5.14. The number of halogens is 1. The zero-order chi connectivity index (χ0) is 14.5. The van der Waals surface area contributed by atoms with E-state index in [4.69, 9.17) is 16.3 Å². The fourth-order valence-electron chi connectivity index (χ4n) is 1.64. The lowest BCUT2D eigenvalue weighted by Gasteiger charge is -2.09. The minimum atomic E-state index is -0.295. The van der Waals surface area contributed by atoms with Crippen molar-refractivity contribution in [3.63, 3.8) is 0 Å². The highest BCUT2D eigenvalue weighted by Gasteiger charge is 2.08. The highest BCUT2D eigenvalue weighted by atomic mass is 35.5. The van der Waals surface area contributed by atoms with Crippen LogP contribution in [0.25, 0.3) is 0 Å². The summed E-state index contributed by atoms with van der Waals surface area (Å²) >= 11 is 7.49. The summed E-state index contributed by atoms with van der Waals surface area (Å²) in [7, 11) is 0. The Labute approximate surface area is 127 Å². The number of carbonyl (C=O) groups is 1. The molecular weight excluding hydrogens is 294 g/mol. The molecule has 0 saturated carbocycles. The van der Waals surface area contributed by atoms with Gasteiger partial charge in [-0.1, -0.05) is 11.6 Å². The van der Waals surface area contributed by atoms with Crippen molar-refractivity contribution in [2.24, 2.45) is 0 Å². The average molecular weight is 310 g/mol. The second kappa shape index (κ2) is 6.77. The summed E-state index contributed by atoms with van der Waals surface area (Å²) in [5.74, 6) is -0.295. The van der Waals surface area contributed by atoms with Crippen molar-refractivity contribution in [2.75, 3.05) is 5.32 Å². The molecule has 0 amide bonds. The van der Waals surface area contributed by atoms with Gasteiger partial charge in [-0.15, -0.1) is 11.3 Å². The Morgan fingerprint density at radius 3 is 2.60 bits per heavy atom. The summed E-state index contributed by atoms with van der Waals surface area (Å²) in [4.78, 5) is 12.9. The number of ether oxygens (including phenoxy) is 1. The topological polar surface area (TPSA) is 38.3 Å². The third-order valence-corrected chi connectivity index (χ3v) is 3.84. The molecule has 1 N–H and O–H groups in total. The Hall–Kier alpha value is -1.52. The van der Waals surface area contributed by atoms with Gasteiger partial charge in [0.25, 0.3) is 0 Å². The first-order chi connectivity index (χ1) is 9.54. The van der Waals surface area contributed by atoms with Gasteiger partial charge >= 0.3 is 5.97 Å². The smallest absolute Gasteiger partial charge is 0.338 e. The van der Waals surface area contributed by atoms with Crippen LogP contribution >= 0.6 is 22.9 Å². The molecule has 0 spiro atoms. The Morgan fingerprint density at radius 1 is 1.35 bits per heavy atom. The van der Waals surface area contributed by atoms with Crippen LogP contribution in [0, 0.1) is 0 Å². The fraction of sp³-hybridized carbons (Fsp3) is 0.267. The summed E-state index contributed by atoms with van der Waals surface area (Å²) in [6, 6.07) is 9.19. The number of carbonyl (C=O) groups excluding carboxylic acids is 1. The van der Waals surface area contributed by atoms with Gasteiger partial charge in [-0.3, -0.25) is 0 Å². The van der Waals surface area contributed by atoms with E-state index in [1.54, 1.807) is 23.5 Å². The maximum atomic E-state index is 11.7. The van der Waals surface area contributed by atoms with Crippen molar-refractivity contribution >= 4 is 34.6 Å². The molecular formula is C15H16ClNO2S. The van der Waals surface area contributed by atoms with E-state index in [1.165, 1.54) is 4.88 Å². The van der Waals surface area contributed by atoms with E-state index in [2.05, 4.69) is 5.32 Å². The second-order valence-electron chi connectivity index (χ2n) is 4.62. The quantitative estimate of drug-likeness (QED) is 0.822. The normalized spacial score (nSPS) is 10.6. The first-order valence-electron chi connectivity index (χ1n) is 6.32. The van der Waals surface area contributed by atoms with Crippen LogP contribution in [-0.4, -0.2) is 12.1 Å². The number of esters is 1. The molecule has 0 aliphatic carbocycles. The first-order valence-corrected chi connectivity index (χ1v) is 7.58. The van der Waals surface area contributed by atoms with Crippen LogP contribution in [0.5, 0.6) is 0 Å². The van der Waals surface area contributed by atoms with Crippen LogP contribution in [0.15, 0.2) is 35.7 Å². The zero-order valence-electron chi connectivity index (χ0n) is 11.4. The maximum Gasteiger partial charge on any atom is 0.338 e. The Morgan fingerprint density at radius 2 is 2.05 bits per heavy atom. The van der Waals surface area contributed by atoms with Crippen molar-refractivity contribution in [2.45, 2.75) is 26.5 Å². The summed E-state index contributed by atoms with van der Waals surface area (Å²) in [5.41, 5.74) is 1.51. The van der Waals surface area contributed by atoms with Gasteiger partial charge in [-0.05, 0) is 44.2 Å². The SMILES string of the molecule is CC(C)OC(=O)c1ccc(NCc2cc(Cl)cs2)cc1. The Kier molecular flexibility index (Phi) is 5.04. The van der Waals surface area contributed by atoms with Gasteiger partial charge in [0.2, 0.25) is 0 Å². The lowest BCUT2D eigenvalue weighted by atomic mass is 10.2. The van der Waals surface area contributed by atoms with Gasteiger partial charge in [-0.25, -0.2) is 4.79 Å². The van der Waals surface area contributed by atoms with Gasteiger partial charge in [-0.2, -0.15) is 0 Å². The molecule has 2 aromatic rings. The molecule has 20 heavy (non-hydrogen) atoms. The highest BCUT2D eigenvalue weighted by molar-refractivity contribution is 7.10. The van der Waals surface area contributed by atoms with Crippen molar-refractivity contribution in [3.8, 4) is 0 Å². The number of benzene rings is 1. The third kappa shape index (κ3) is 4.25. The van der Waals surface area contributed by atoms with E-state index >= 15 is 0 Å². The summed E-state index contributed by atoms with van der Waals surface area (Å²) in [6.45, 7) is 4.38. The van der Waals surface area contributed by atoms with Crippen LogP contribution in [0.3, 0.4) is 0 Å². The fourth-order valence-corrected chi connectivity index (χ4v) is 2.65.